The summed E-state index contributed by atoms with van der Waals surface area (Å²) in [6.07, 6.45) is 3.90. The Morgan fingerprint density at radius 2 is 1.15 bits per heavy atom. The Hall–Kier alpha value is -1.14. The molecule has 0 saturated heterocycles. The second kappa shape index (κ2) is 14.3. The van der Waals surface area contributed by atoms with Gasteiger partial charge in [-0.15, -0.1) is 0 Å². The zero-order valence-electron chi connectivity index (χ0n) is 12.5. The minimum Gasteiger partial charge on any atom is -0.438 e. The van der Waals surface area contributed by atoms with E-state index in [-0.39, 0.29) is 26.4 Å². The van der Waals surface area contributed by atoms with Crippen LogP contribution in [0.25, 0.3) is 0 Å². The molecular formula is C14H26O6. The smallest absolute Gasteiger partial charge is 0.308 e. The van der Waals surface area contributed by atoms with Crippen LogP contribution in [0.2, 0.25) is 0 Å². The minimum atomic E-state index is -0.467. The zero-order valence-corrected chi connectivity index (χ0v) is 12.5. The zero-order chi connectivity index (χ0) is 15.1. The second-order valence-corrected chi connectivity index (χ2v) is 4.29. The largest absolute Gasteiger partial charge is 0.438 e. The van der Waals surface area contributed by atoms with Gasteiger partial charge in [-0.3, -0.25) is 9.59 Å². The summed E-state index contributed by atoms with van der Waals surface area (Å²) < 4.78 is 19.7. The summed E-state index contributed by atoms with van der Waals surface area (Å²) in [7, 11) is 0. The fourth-order valence-corrected chi connectivity index (χ4v) is 1.17. The number of hydrogen-bond donors (Lipinski definition) is 0. The molecule has 6 heteroatoms. The molecule has 0 aliphatic rings. The highest BCUT2D eigenvalue weighted by Crippen LogP contribution is 1.98. The lowest BCUT2D eigenvalue weighted by molar-refractivity contribution is -0.163. The maximum Gasteiger partial charge on any atom is 0.308 e. The highest BCUT2D eigenvalue weighted by atomic mass is 16.7. The Bertz CT molecular complexity index is 228. The van der Waals surface area contributed by atoms with Gasteiger partial charge in [0, 0.05) is 0 Å². The number of hydrogen-bond acceptors (Lipinski definition) is 6. The van der Waals surface area contributed by atoms with Crippen molar-refractivity contribution >= 4 is 11.9 Å². The van der Waals surface area contributed by atoms with Crippen molar-refractivity contribution in [3.8, 4) is 0 Å². The summed E-state index contributed by atoms with van der Waals surface area (Å²) in [5.41, 5.74) is 0. The van der Waals surface area contributed by atoms with Crippen molar-refractivity contribution in [2.45, 2.75) is 52.4 Å². The normalized spacial score (nSPS) is 10.3. The maximum atomic E-state index is 11.3. The molecular weight excluding hydrogens is 264 g/mol. The molecule has 0 spiro atoms. The van der Waals surface area contributed by atoms with Crippen LogP contribution in [0.4, 0.5) is 0 Å². The first-order valence-electron chi connectivity index (χ1n) is 7.17. The van der Waals surface area contributed by atoms with Gasteiger partial charge in [0.05, 0.1) is 26.1 Å². The topological polar surface area (TPSA) is 71.1 Å². The highest BCUT2D eigenvalue weighted by Gasteiger charge is 2.09. The van der Waals surface area contributed by atoms with Crippen molar-refractivity contribution < 1.29 is 28.5 Å². The number of unbranched alkanes of at least 4 members (excludes halogenated alkanes) is 2. The van der Waals surface area contributed by atoms with E-state index in [9.17, 15) is 9.59 Å². The first-order valence-corrected chi connectivity index (χ1v) is 7.17. The van der Waals surface area contributed by atoms with Crippen LogP contribution in [0.5, 0.6) is 0 Å². The molecule has 0 aromatic rings. The molecule has 0 aliphatic carbocycles. The number of esters is 2. The van der Waals surface area contributed by atoms with Crippen LogP contribution >= 0.6 is 0 Å². The quantitative estimate of drug-likeness (QED) is 0.295. The Balaban J connectivity index is 3.37. The van der Waals surface area contributed by atoms with Crippen LogP contribution < -0.4 is 0 Å². The van der Waals surface area contributed by atoms with E-state index in [1.807, 2.05) is 13.8 Å². The van der Waals surface area contributed by atoms with Gasteiger partial charge in [-0.2, -0.15) is 0 Å². The van der Waals surface area contributed by atoms with E-state index in [1.165, 1.54) is 0 Å². The van der Waals surface area contributed by atoms with Crippen LogP contribution in [0.1, 0.15) is 52.4 Å². The first-order chi connectivity index (χ1) is 9.70. The predicted molar refractivity (Wildman–Crippen MR) is 72.9 cm³/mol. The number of ether oxygens (including phenoxy) is 4. The molecule has 0 unspecified atom stereocenters. The molecule has 0 saturated carbocycles. The van der Waals surface area contributed by atoms with Gasteiger partial charge >= 0.3 is 11.9 Å². The fraction of sp³-hybridized carbons (Fsp3) is 0.857. The molecule has 6 nitrogen and oxygen atoms in total. The van der Waals surface area contributed by atoms with E-state index in [2.05, 4.69) is 0 Å². The Labute approximate surface area is 120 Å². The average Bonchev–Trinajstić information content (AvgIpc) is 2.44. The standard InChI is InChI=1S/C14H26O6/c1-3-5-9-17-11-19-13(15)7-8-14(16)20-12-18-10-6-4-2/h3-12H2,1-2H3. The van der Waals surface area contributed by atoms with E-state index >= 15 is 0 Å². The Kier molecular flexibility index (Phi) is 13.5. The van der Waals surface area contributed by atoms with Crippen molar-refractivity contribution in [3.05, 3.63) is 0 Å². The van der Waals surface area contributed by atoms with Crippen molar-refractivity contribution in [1.29, 1.82) is 0 Å². The summed E-state index contributed by atoms with van der Waals surface area (Å²) in [4.78, 5) is 22.5. The van der Waals surface area contributed by atoms with Crippen LogP contribution in [0.3, 0.4) is 0 Å². The van der Waals surface area contributed by atoms with Crippen LogP contribution in [0, 0.1) is 0 Å². The predicted octanol–water partition coefficient (Wildman–Crippen LogP) is 2.40. The average molecular weight is 290 g/mol. The lowest BCUT2D eigenvalue weighted by Crippen LogP contribution is -2.13. The maximum absolute atomic E-state index is 11.3. The first kappa shape index (κ1) is 18.9. The summed E-state index contributed by atoms with van der Waals surface area (Å²) in [6, 6.07) is 0. The lowest BCUT2D eigenvalue weighted by Gasteiger charge is -2.06. The third-order valence-corrected chi connectivity index (χ3v) is 2.42. The molecule has 0 heterocycles. The molecule has 0 aromatic carbocycles. The van der Waals surface area contributed by atoms with E-state index in [1.54, 1.807) is 0 Å². The van der Waals surface area contributed by atoms with Crippen molar-refractivity contribution in [2.75, 3.05) is 26.8 Å². The van der Waals surface area contributed by atoms with Crippen LogP contribution in [-0.2, 0) is 28.5 Å². The molecule has 0 N–H and O–H groups in total. The molecule has 0 fully saturated rings. The minimum absolute atomic E-state index is 0.00900. The second-order valence-electron chi connectivity index (χ2n) is 4.29. The van der Waals surface area contributed by atoms with Gasteiger partial charge < -0.3 is 18.9 Å². The SMILES string of the molecule is CCCCOCOC(=O)CCC(=O)OCOCCCC. The van der Waals surface area contributed by atoms with Gasteiger partial charge in [-0.25, -0.2) is 0 Å². The number of carbonyl (C=O) groups excluding carboxylic acids is 2. The monoisotopic (exact) mass is 290 g/mol. The molecule has 0 aromatic heterocycles. The van der Waals surface area contributed by atoms with Gasteiger partial charge in [0.15, 0.2) is 13.6 Å². The molecule has 0 aliphatic heterocycles. The van der Waals surface area contributed by atoms with E-state index in [0.29, 0.717) is 13.2 Å². The summed E-state index contributed by atoms with van der Waals surface area (Å²) >= 11 is 0. The van der Waals surface area contributed by atoms with Crippen molar-refractivity contribution in [2.24, 2.45) is 0 Å². The van der Waals surface area contributed by atoms with Gasteiger partial charge in [0.1, 0.15) is 0 Å². The van der Waals surface area contributed by atoms with Gasteiger partial charge in [-0.05, 0) is 12.8 Å². The van der Waals surface area contributed by atoms with Crippen LogP contribution in [0.15, 0.2) is 0 Å². The highest BCUT2D eigenvalue weighted by molar-refractivity contribution is 5.77. The molecule has 118 valence electrons. The molecule has 20 heavy (non-hydrogen) atoms. The van der Waals surface area contributed by atoms with E-state index in [0.717, 1.165) is 25.7 Å². The molecule has 0 atom stereocenters. The fourth-order valence-electron chi connectivity index (χ4n) is 1.17. The molecule has 0 amide bonds. The van der Waals surface area contributed by atoms with Gasteiger partial charge in [-0.1, -0.05) is 26.7 Å². The van der Waals surface area contributed by atoms with Crippen LogP contribution in [-0.4, -0.2) is 38.7 Å². The molecule has 0 rings (SSSR count). The molecule has 0 bridgehead atoms. The number of rotatable bonds is 13. The lowest BCUT2D eigenvalue weighted by atomic mass is 10.3. The van der Waals surface area contributed by atoms with Gasteiger partial charge in [0.25, 0.3) is 0 Å². The summed E-state index contributed by atoms with van der Waals surface area (Å²) in [5, 5.41) is 0. The van der Waals surface area contributed by atoms with Gasteiger partial charge in [0.2, 0.25) is 0 Å². The summed E-state index contributed by atoms with van der Waals surface area (Å²) in [5.74, 6) is -0.935. The summed E-state index contributed by atoms with van der Waals surface area (Å²) in [6.45, 7) is 5.11. The van der Waals surface area contributed by atoms with E-state index in [4.69, 9.17) is 18.9 Å². The van der Waals surface area contributed by atoms with Crippen molar-refractivity contribution in [1.82, 2.24) is 0 Å². The molecule has 0 radical (unpaired) electrons. The third-order valence-electron chi connectivity index (χ3n) is 2.42. The number of carbonyl (C=O) groups is 2. The van der Waals surface area contributed by atoms with E-state index < -0.39 is 11.9 Å². The Morgan fingerprint density at radius 3 is 1.50 bits per heavy atom. The van der Waals surface area contributed by atoms with Crippen molar-refractivity contribution in [3.63, 3.8) is 0 Å². The Morgan fingerprint density at radius 1 is 0.750 bits per heavy atom. The third kappa shape index (κ3) is 13.3.